The number of nitrogens with zero attached hydrogens (tertiary/aromatic N) is 2. The van der Waals surface area contributed by atoms with Crippen molar-refractivity contribution in [2.75, 3.05) is 0 Å². The molecule has 0 aliphatic heterocycles. The lowest BCUT2D eigenvalue weighted by Gasteiger charge is -2.07. The highest BCUT2D eigenvalue weighted by atomic mass is 15.0. The first-order valence-electron chi connectivity index (χ1n) is 5.36. The van der Waals surface area contributed by atoms with E-state index in [0.29, 0.717) is 0 Å². The molecular weight excluding hydrogens is 186 g/mol. The van der Waals surface area contributed by atoms with E-state index in [0.717, 1.165) is 23.5 Å². The monoisotopic (exact) mass is 203 g/mol. The number of hydrogen-bond donors (Lipinski definition) is 1. The second-order valence-electron chi connectivity index (χ2n) is 3.97. The van der Waals surface area contributed by atoms with Gasteiger partial charge in [-0.15, -0.1) is 0 Å². The predicted octanol–water partition coefficient (Wildman–Crippen LogP) is 2.22. The lowest BCUT2D eigenvalue weighted by atomic mass is 10.1. The van der Waals surface area contributed by atoms with Crippen molar-refractivity contribution in [1.82, 2.24) is 9.38 Å². The van der Waals surface area contributed by atoms with Crippen LogP contribution < -0.4 is 5.73 Å². The molecule has 2 heterocycles. The average Bonchev–Trinajstić information content (AvgIpc) is 2.55. The van der Waals surface area contributed by atoms with E-state index in [1.54, 1.807) is 0 Å². The Balaban J connectivity index is 2.68. The molecule has 2 rings (SSSR count). The van der Waals surface area contributed by atoms with Crippen molar-refractivity contribution in [3.8, 4) is 0 Å². The van der Waals surface area contributed by atoms with Gasteiger partial charge in [-0.3, -0.25) is 0 Å². The number of nitrogens with two attached hydrogens (primary N) is 1. The number of aryl methyl sites for hydroxylation is 2. The van der Waals surface area contributed by atoms with Crippen LogP contribution in [0.2, 0.25) is 0 Å². The highest BCUT2D eigenvalue weighted by Gasteiger charge is 2.07. The summed E-state index contributed by atoms with van der Waals surface area (Å²) in [5.41, 5.74) is 9.28. The van der Waals surface area contributed by atoms with Crippen LogP contribution in [-0.2, 0) is 6.42 Å². The van der Waals surface area contributed by atoms with E-state index in [9.17, 15) is 0 Å². The van der Waals surface area contributed by atoms with Gasteiger partial charge in [-0.2, -0.15) is 0 Å². The summed E-state index contributed by atoms with van der Waals surface area (Å²) >= 11 is 0. The van der Waals surface area contributed by atoms with Crippen molar-refractivity contribution in [2.45, 2.75) is 33.2 Å². The number of rotatable bonds is 2. The molecule has 3 heteroatoms. The van der Waals surface area contributed by atoms with Crippen molar-refractivity contribution in [3.05, 3.63) is 35.4 Å². The quantitative estimate of drug-likeness (QED) is 0.813. The maximum Gasteiger partial charge on any atom is 0.113 e. The molecule has 1 atom stereocenters. The van der Waals surface area contributed by atoms with E-state index in [4.69, 9.17) is 5.73 Å². The Hall–Kier alpha value is -1.35. The molecule has 2 N–H and O–H groups in total. The van der Waals surface area contributed by atoms with E-state index >= 15 is 0 Å². The Morgan fingerprint density at radius 3 is 2.80 bits per heavy atom. The van der Waals surface area contributed by atoms with Gasteiger partial charge < -0.3 is 10.1 Å². The summed E-state index contributed by atoms with van der Waals surface area (Å²) in [5, 5.41) is 0. The molecule has 0 saturated carbocycles. The molecule has 3 nitrogen and oxygen atoms in total. The zero-order valence-corrected chi connectivity index (χ0v) is 9.49. The predicted molar refractivity (Wildman–Crippen MR) is 61.9 cm³/mol. The zero-order valence-electron chi connectivity index (χ0n) is 9.49. The Morgan fingerprint density at radius 1 is 1.47 bits per heavy atom. The molecule has 0 spiro atoms. The van der Waals surface area contributed by atoms with Crippen molar-refractivity contribution < 1.29 is 0 Å². The highest BCUT2D eigenvalue weighted by Crippen LogP contribution is 2.17. The largest absolute Gasteiger partial charge is 0.324 e. The normalized spacial score (nSPS) is 13.3. The summed E-state index contributed by atoms with van der Waals surface area (Å²) in [7, 11) is 0. The van der Waals surface area contributed by atoms with Gasteiger partial charge in [0.15, 0.2) is 0 Å². The SMILES string of the molecule is CCc1nc(C)c2ccc(C(C)N)cn12. The third-order valence-corrected chi connectivity index (χ3v) is 2.76. The molecule has 2 aromatic heterocycles. The maximum absolute atomic E-state index is 5.87. The van der Waals surface area contributed by atoms with Gasteiger partial charge in [-0.1, -0.05) is 13.0 Å². The van der Waals surface area contributed by atoms with Crippen molar-refractivity contribution in [3.63, 3.8) is 0 Å². The maximum atomic E-state index is 5.87. The van der Waals surface area contributed by atoms with Gasteiger partial charge in [-0.25, -0.2) is 4.98 Å². The molecule has 0 aromatic carbocycles. The van der Waals surface area contributed by atoms with Gasteiger partial charge in [0.2, 0.25) is 0 Å². The molecule has 0 aliphatic rings. The summed E-state index contributed by atoms with van der Waals surface area (Å²) in [6.45, 7) is 6.16. The number of fused-ring (bicyclic) bond motifs is 1. The zero-order chi connectivity index (χ0) is 11.0. The van der Waals surface area contributed by atoms with Gasteiger partial charge in [0.25, 0.3) is 0 Å². The smallest absolute Gasteiger partial charge is 0.113 e. The molecule has 0 bridgehead atoms. The fourth-order valence-electron chi connectivity index (χ4n) is 1.85. The first-order chi connectivity index (χ1) is 7.13. The lowest BCUT2D eigenvalue weighted by Crippen LogP contribution is -2.06. The van der Waals surface area contributed by atoms with Gasteiger partial charge in [0, 0.05) is 18.7 Å². The summed E-state index contributed by atoms with van der Waals surface area (Å²) in [5.74, 6) is 1.10. The minimum Gasteiger partial charge on any atom is -0.324 e. The summed E-state index contributed by atoms with van der Waals surface area (Å²) in [4.78, 5) is 4.53. The van der Waals surface area contributed by atoms with Crippen LogP contribution in [0.25, 0.3) is 5.52 Å². The third-order valence-electron chi connectivity index (χ3n) is 2.76. The number of hydrogen-bond acceptors (Lipinski definition) is 2. The minimum absolute atomic E-state index is 0.0711. The molecular formula is C12H17N3. The summed E-state index contributed by atoms with van der Waals surface area (Å²) < 4.78 is 2.15. The molecule has 0 saturated heterocycles. The summed E-state index contributed by atoms with van der Waals surface area (Å²) in [6, 6.07) is 4.25. The minimum atomic E-state index is 0.0711. The molecule has 0 aliphatic carbocycles. The van der Waals surface area contributed by atoms with Crippen LogP contribution in [0.4, 0.5) is 0 Å². The van der Waals surface area contributed by atoms with Crippen molar-refractivity contribution in [1.29, 1.82) is 0 Å². The van der Waals surface area contributed by atoms with Gasteiger partial charge in [0.1, 0.15) is 5.82 Å². The first kappa shape index (κ1) is 10.2. The van der Waals surface area contributed by atoms with E-state index in [1.807, 2.05) is 13.8 Å². The fourth-order valence-corrected chi connectivity index (χ4v) is 1.85. The fraction of sp³-hybridized carbons (Fsp3) is 0.417. The van der Waals surface area contributed by atoms with Crippen LogP contribution >= 0.6 is 0 Å². The second-order valence-corrected chi connectivity index (χ2v) is 3.97. The number of pyridine rings is 1. The number of aromatic nitrogens is 2. The van der Waals surface area contributed by atoms with Gasteiger partial charge in [-0.05, 0) is 25.5 Å². The molecule has 0 fully saturated rings. The second kappa shape index (κ2) is 3.66. The van der Waals surface area contributed by atoms with Crippen molar-refractivity contribution >= 4 is 5.52 Å². The van der Waals surface area contributed by atoms with Crippen LogP contribution in [0.1, 0.15) is 37.0 Å². The number of imidazole rings is 1. The highest BCUT2D eigenvalue weighted by molar-refractivity contribution is 5.53. The summed E-state index contributed by atoms with van der Waals surface area (Å²) in [6.07, 6.45) is 3.04. The Labute approximate surface area is 89.9 Å². The standard InChI is InChI=1S/C12H17N3/c1-4-12-14-9(3)11-6-5-10(8(2)13)7-15(11)12/h5-8H,4,13H2,1-3H3. The topological polar surface area (TPSA) is 43.3 Å². The van der Waals surface area contributed by atoms with E-state index in [2.05, 4.69) is 34.6 Å². The van der Waals surface area contributed by atoms with Crippen LogP contribution in [0.5, 0.6) is 0 Å². The Kier molecular flexibility index (Phi) is 2.49. The van der Waals surface area contributed by atoms with Crippen LogP contribution in [0, 0.1) is 6.92 Å². The Morgan fingerprint density at radius 2 is 2.20 bits per heavy atom. The van der Waals surface area contributed by atoms with Crippen molar-refractivity contribution in [2.24, 2.45) is 5.73 Å². The molecule has 1 unspecified atom stereocenters. The Bertz CT molecular complexity index is 483. The van der Waals surface area contributed by atoms with E-state index in [1.165, 1.54) is 5.52 Å². The van der Waals surface area contributed by atoms with Gasteiger partial charge in [0.05, 0.1) is 11.2 Å². The van der Waals surface area contributed by atoms with Gasteiger partial charge >= 0.3 is 0 Å². The van der Waals surface area contributed by atoms with Crippen LogP contribution in [-0.4, -0.2) is 9.38 Å². The molecule has 15 heavy (non-hydrogen) atoms. The molecule has 80 valence electrons. The van der Waals surface area contributed by atoms with E-state index < -0.39 is 0 Å². The van der Waals surface area contributed by atoms with E-state index in [-0.39, 0.29) is 6.04 Å². The van der Waals surface area contributed by atoms with Crippen LogP contribution in [0.15, 0.2) is 18.3 Å². The van der Waals surface area contributed by atoms with Crippen LogP contribution in [0.3, 0.4) is 0 Å². The third kappa shape index (κ3) is 1.63. The molecule has 0 radical (unpaired) electrons. The average molecular weight is 203 g/mol. The lowest BCUT2D eigenvalue weighted by molar-refractivity contribution is 0.802. The molecule has 0 amide bonds. The first-order valence-corrected chi connectivity index (χ1v) is 5.36. The molecule has 2 aromatic rings.